The number of methoxy groups -OCH3 is 1. The van der Waals surface area contributed by atoms with Crippen LogP contribution in [0.2, 0.25) is 0 Å². The van der Waals surface area contributed by atoms with Crippen LogP contribution in [0.5, 0.6) is 0 Å². The fourth-order valence-electron chi connectivity index (χ4n) is 1.38. The normalized spacial score (nSPS) is 12.2. The van der Waals surface area contributed by atoms with Gasteiger partial charge < -0.3 is 16.2 Å². The number of anilines is 1. The summed E-state index contributed by atoms with van der Waals surface area (Å²) in [5.74, 6) is -0.420. The van der Waals surface area contributed by atoms with E-state index in [4.69, 9.17) is 11.5 Å². The van der Waals surface area contributed by atoms with Crippen LogP contribution in [0.3, 0.4) is 0 Å². The minimum Gasteiger partial charge on any atom is -0.468 e. The highest BCUT2D eigenvalue weighted by Gasteiger charge is 2.15. The van der Waals surface area contributed by atoms with Crippen LogP contribution < -0.4 is 11.5 Å². The van der Waals surface area contributed by atoms with Crippen molar-refractivity contribution in [3.05, 3.63) is 29.3 Å². The SMILES string of the molecule is COC(=O)[C@H](N)Cc1cc(C)ccc1N. The Morgan fingerprint density at radius 3 is 2.80 bits per heavy atom. The van der Waals surface area contributed by atoms with Crippen molar-refractivity contribution in [2.45, 2.75) is 19.4 Å². The number of esters is 1. The second kappa shape index (κ2) is 4.79. The van der Waals surface area contributed by atoms with Gasteiger partial charge in [0.2, 0.25) is 0 Å². The van der Waals surface area contributed by atoms with Crippen LogP contribution in [0.25, 0.3) is 0 Å². The molecule has 15 heavy (non-hydrogen) atoms. The first-order chi connectivity index (χ1) is 7.04. The number of aryl methyl sites for hydroxylation is 1. The third-order valence-electron chi connectivity index (χ3n) is 2.24. The van der Waals surface area contributed by atoms with Crippen LogP contribution >= 0.6 is 0 Å². The molecule has 1 atom stereocenters. The summed E-state index contributed by atoms with van der Waals surface area (Å²) in [7, 11) is 1.32. The lowest BCUT2D eigenvalue weighted by atomic mass is 10.0. The summed E-state index contributed by atoms with van der Waals surface area (Å²) in [5, 5.41) is 0. The molecule has 0 radical (unpaired) electrons. The maximum Gasteiger partial charge on any atom is 0.322 e. The van der Waals surface area contributed by atoms with Crippen molar-refractivity contribution < 1.29 is 9.53 Å². The lowest BCUT2D eigenvalue weighted by Crippen LogP contribution is -2.33. The van der Waals surface area contributed by atoms with E-state index in [1.165, 1.54) is 7.11 Å². The maximum absolute atomic E-state index is 11.1. The van der Waals surface area contributed by atoms with Crippen molar-refractivity contribution >= 4 is 11.7 Å². The summed E-state index contributed by atoms with van der Waals surface area (Å²) < 4.78 is 4.55. The number of nitrogen functional groups attached to an aromatic ring is 1. The highest BCUT2D eigenvalue weighted by Crippen LogP contribution is 2.15. The van der Waals surface area contributed by atoms with Gasteiger partial charge >= 0.3 is 5.97 Å². The zero-order valence-electron chi connectivity index (χ0n) is 8.99. The number of carbonyl (C=O) groups excluding carboxylic acids is 1. The molecule has 0 fully saturated rings. The van der Waals surface area contributed by atoms with Gasteiger partial charge in [-0.3, -0.25) is 4.79 Å². The summed E-state index contributed by atoms with van der Waals surface area (Å²) in [4.78, 5) is 11.1. The largest absolute Gasteiger partial charge is 0.468 e. The molecule has 0 aliphatic carbocycles. The first kappa shape index (κ1) is 11.5. The average molecular weight is 208 g/mol. The van der Waals surface area contributed by atoms with Crippen LogP contribution in [0.4, 0.5) is 5.69 Å². The molecule has 0 saturated carbocycles. The van der Waals surface area contributed by atoms with Crippen molar-refractivity contribution in [3.63, 3.8) is 0 Å². The number of hydrogen-bond acceptors (Lipinski definition) is 4. The van der Waals surface area contributed by atoms with Crippen LogP contribution in [-0.4, -0.2) is 19.1 Å². The van der Waals surface area contributed by atoms with E-state index in [2.05, 4.69) is 4.74 Å². The van der Waals surface area contributed by atoms with Crippen LogP contribution in [0.1, 0.15) is 11.1 Å². The van der Waals surface area contributed by atoms with Gasteiger partial charge in [-0.1, -0.05) is 17.7 Å². The van der Waals surface area contributed by atoms with Crippen molar-refractivity contribution in [1.29, 1.82) is 0 Å². The van der Waals surface area contributed by atoms with Crippen molar-refractivity contribution in [2.24, 2.45) is 5.73 Å². The molecule has 1 aromatic carbocycles. The quantitative estimate of drug-likeness (QED) is 0.564. The van der Waals surface area contributed by atoms with Crippen LogP contribution in [0, 0.1) is 6.92 Å². The molecule has 0 aromatic heterocycles. The number of ether oxygens (including phenoxy) is 1. The van der Waals surface area contributed by atoms with E-state index >= 15 is 0 Å². The third kappa shape index (κ3) is 2.95. The summed E-state index contributed by atoms with van der Waals surface area (Å²) in [6, 6.07) is 5.01. The molecule has 1 rings (SSSR count). The van der Waals surface area contributed by atoms with Gasteiger partial charge in [0.05, 0.1) is 7.11 Å². The molecule has 0 bridgehead atoms. The molecule has 1 aromatic rings. The Labute approximate surface area is 89.2 Å². The van der Waals surface area contributed by atoms with Gasteiger partial charge in [0.25, 0.3) is 0 Å². The number of hydrogen-bond donors (Lipinski definition) is 2. The molecule has 0 aliphatic heterocycles. The number of carbonyl (C=O) groups is 1. The van der Waals surface area contributed by atoms with Gasteiger partial charge in [-0.05, 0) is 18.6 Å². The molecule has 82 valence electrons. The lowest BCUT2D eigenvalue weighted by Gasteiger charge is -2.11. The summed E-state index contributed by atoms with van der Waals surface area (Å²) in [6.07, 6.45) is 0.403. The standard InChI is InChI=1S/C11H16N2O2/c1-7-3-4-9(12)8(5-7)6-10(13)11(14)15-2/h3-5,10H,6,12-13H2,1-2H3/t10-/m1/s1. The fourth-order valence-corrected chi connectivity index (χ4v) is 1.38. The predicted molar refractivity (Wildman–Crippen MR) is 59.3 cm³/mol. The third-order valence-corrected chi connectivity index (χ3v) is 2.24. The zero-order chi connectivity index (χ0) is 11.4. The molecular formula is C11H16N2O2. The zero-order valence-corrected chi connectivity index (χ0v) is 8.99. The van der Waals surface area contributed by atoms with E-state index < -0.39 is 12.0 Å². The molecule has 0 spiro atoms. The second-order valence-corrected chi connectivity index (χ2v) is 3.54. The minimum absolute atomic E-state index is 0.403. The number of benzene rings is 1. The second-order valence-electron chi connectivity index (χ2n) is 3.54. The van der Waals surface area contributed by atoms with E-state index in [1.807, 2.05) is 25.1 Å². The summed E-state index contributed by atoms with van der Waals surface area (Å²) in [6.45, 7) is 1.96. The highest BCUT2D eigenvalue weighted by atomic mass is 16.5. The summed E-state index contributed by atoms with van der Waals surface area (Å²) in [5.41, 5.74) is 14.0. The molecule has 0 unspecified atom stereocenters. The molecule has 0 aliphatic rings. The first-order valence-electron chi connectivity index (χ1n) is 4.73. The Hall–Kier alpha value is -1.55. The van der Waals surface area contributed by atoms with Crippen molar-refractivity contribution in [2.75, 3.05) is 12.8 Å². The highest BCUT2D eigenvalue weighted by molar-refractivity contribution is 5.76. The maximum atomic E-state index is 11.1. The van der Waals surface area contributed by atoms with Gasteiger partial charge in [-0.15, -0.1) is 0 Å². The smallest absolute Gasteiger partial charge is 0.322 e. The van der Waals surface area contributed by atoms with E-state index in [-0.39, 0.29) is 0 Å². The van der Waals surface area contributed by atoms with Gasteiger partial charge in [0, 0.05) is 12.1 Å². The van der Waals surface area contributed by atoms with Crippen molar-refractivity contribution in [3.8, 4) is 0 Å². The average Bonchev–Trinajstić information content (AvgIpc) is 2.22. The fraction of sp³-hybridized carbons (Fsp3) is 0.364. The Morgan fingerprint density at radius 1 is 1.53 bits per heavy atom. The van der Waals surface area contributed by atoms with E-state index in [9.17, 15) is 4.79 Å². The van der Waals surface area contributed by atoms with Gasteiger partial charge in [-0.2, -0.15) is 0 Å². The first-order valence-corrected chi connectivity index (χ1v) is 4.73. The topological polar surface area (TPSA) is 78.3 Å². The Balaban J connectivity index is 2.80. The molecule has 0 saturated heterocycles. The van der Waals surface area contributed by atoms with E-state index in [0.29, 0.717) is 12.1 Å². The lowest BCUT2D eigenvalue weighted by molar-refractivity contribution is -0.142. The van der Waals surface area contributed by atoms with Gasteiger partial charge in [0.15, 0.2) is 0 Å². The Kier molecular flexibility index (Phi) is 3.68. The van der Waals surface area contributed by atoms with E-state index in [0.717, 1.165) is 11.1 Å². The number of nitrogens with two attached hydrogens (primary N) is 2. The van der Waals surface area contributed by atoms with Gasteiger partial charge in [0.1, 0.15) is 6.04 Å². The van der Waals surface area contributed by atoms with Crippen LogP contribution in [-0.2, 0) is 16.0 Å². The predicted octanol–water partition coefficient (Wildman–Crippen LogP) is 0.620. The van der Waals surface area contributed by atoms with E-state index in [1.54, 1.807) is 0 Å². The van der Waals surface area contributed by atoms with Crippen molar-refractivity contribution in [1.82, 2.24) is 0 Å². The molecule has 0 amide bonds. The molecule has 4 heteroatoms. The monoisotopic (exact) mass is 208 g/mol. The minimum atomic E-state index is -0.654. The molecule has 0 heterocycles. The Morgan fingerprint density at radius 2 is 2.20 bits per heavy atom. The van der Waals surface area contributed by atoms with Gasteiger partial charge in [-0.25, -0.2) is 0 Å². The molecular weight excluding hydrogens is 192 g/mol. The summed E-state index contributed by atoms with van der Waals surface area (Å²) >= 11 is 0. The Bertz CT molecular complexity index is 364. The van der Waals surface area contributed by atoms with Crippen LogP contribution in [0.15, 0.2) is 18.2 Å². The number of rotatable bonds is 3. The molecule has 4 nitrogen and oxygen atoms in total. The molecule has 4 N–H and O–H groups in total.